The van der Waals surface area contributed by atoms with Crippen molar-refractivity contribution in [3.63, 3.8) is 0 Å². The minimum atomic E-state index is -1.28. The van der Waals surface area contributed by atoms with Gasteiger partial charge in [-0.15, -0.1) is 0 Å². The van der Waals surface area contributed by atoms with Gasteiger partial charge in [0.15, 0.2) is 0 Å². The zero-order valence-corrected chi connectivity index (χ0v) is 11.1. The Morgan fingerprint density at radius 2 is 1.50 bits per heavy atom. The summed E-state index contributed by atoms with van der Waals surface area (Å²) in [5, 5.41) is 20.3. The zero-order chi connectivity index (χ0) is 15.4. The Balaban J connectivity index is 3.09. The smallest absolute Gasteiger partial charge is 0.335 e. The summed E-state index contributed by atoms with van der Waals surface area (Å²) < 4.78 is 0. The predicted molar refractivity (Wildman–Crippen MR) is 71.8 cm³/mol. The van der Waals surface area contributed by atoms with Crippen molar-refractivity contribution in [3.05, 3.63) is 29.3 Å². The summed E-state index contributed by atoms with van der Waals surface area (Å²) >= 11 is 0. The Morgan fingerprint density at radius 1 is 1.05 bits per heavy atom. The van der Waals surface area contributed by atoms with Crippen LogP contribution in [0.1, 0.15) is 34.6 Å². The lowest BCUT2D eigenvalue weighted by atomic mass is 10.0. The van der Waals surface area contributed by atoms with Crippen LogP contribution in [-0.2, 0) is 4.79 Å². The first-order valence-electron chi connectivity index (χ1n) is 5.90. The first kappa shape index (κ1) is 15.6. The Hall–Kier alpha value is -2.41. The topological polar surface area (TPSA) is 130 Å². The Kier molecular flexibility index (Phi) is 4.82. The third-order valence-electron chi connectivity index (χ3n) is 2.72. The fraction of sp³-hybridized carbons (Fsp3) is 0.308. The van der Waals surface area contributed by atoms with E-state index < -0.39 is 23.9 Å². The second-order valence-electron chi connectivity index (χ2n) is 4.67. The number of benzene rings is 1. The number of nitrogens with two attached hydrogens (primary N) is 1. The Labute approximate surface area is 115 Å². The number of hydrogen-bond acceptors (Lipinski definition) is 4. The largest absolute Gasteiger partial charge is 0.478 e. The molecule has 0 fully saturated rings. The van der Waals surface area contributed by atoms with Crippen LogP contribution in [0.4, 0.5) is 5.69 Å². The molecule has 0 spiro atoms. The average Bonchev–Trinajstić information content (AvgIpc) is 2.36. The summed E-state index contributed by atoms with van der Waals surface area (Å²) in [6, 6.07) is 2.61. The molecule has 0 saturated heterocycles. The van der Waals surface area contributed by atoms with Gasteiger partial charge in [0.1, 0.15) is 0 Å². The fourth-order valence-electron chi connectivity index (χ4n) is 1.48. The maximum absolute atomic E-state index is 11.8. The van der Waals surface area contributed by atoms with Crippen LogP contribution in [0.5, 0.6) is 0 Å². The van der Waals surface area contributed by atoms with Crippen molar-refractivity contribution in [1.82, 2.24) is 0 Å². The van der Waals surface area contributed by atoms with Crippen LogP contribution in [0.3, 0.4) is 0 Å². The lowest BCUT2D eigenvalue weighted by Gasteiger charge is -2.15. The van der Waals surface area contributed by atoms with Crippen LogP contribution in [0.15, 0.2) is 18.2 Å². The summed E-state index contributed by atoms with van der Waals surface area (Å²) in [5.41, 5.74) is 5.30. The highest BCUT2D eigenvalue weighted by Crippen LogP contribution is 2.16. The molecule has 1 atom stereocenters. The summed E-state index contributed by atoms with van der Waals surface area (Å²) in [6.45, 7) is 3.53. The van der Waals surface area contributed by atoms with Gasteiger partial charge in [-0.2, -0.15) is 0 Å². The first-order chi connectivity index (χ1) is 9.22. The van der Waals surface area contributed by atoms with Crippen LogP contribution in [-0.4, -0.2) is 34.1 Å². The Morgan fingerprint density at radius 3 is 1.85 bits per heavy atom. The van der Waals surface area contributed by atoms with Gasteiger partial charge in [-0.1, -0.05) is 13.8 Å². The van der Waals surface area contributed by atoms with Crippen molar-refractivity contribution in [2.75, 3.05) is 5.32 Å². The van der Waals surface area contributed by atoms with E-state index in [2.05, 4.69) is 5.32 Å². The zero-order valence-electron chi connectivity index (χ0n) is 11.1. The van der Waals surface area contributed by atoms with E-state index in [1.54, 1.807) is 13.8 Å². The van der Waals surface area contributed by atoms with E-state index >= 15 is 0 Å². The van der Waals surface area contributed by atoms with Crippen molar-refractivity contribution in [2.45, 2.75) is 19.9 Å². The second kappa shape index (κ2) is 6.16. The number of carboxylic acid groups (broad SMARTS) is 2. The molecule has 7 nitrogen and oxygen atoms in total. The third-order valence-corrected chi connectivity index (χ3v) is 2.72. The minimum Gasteiger partial charge on any atom is -0.478 e. The average molecular weight is 280 g/mol. The van der Waals surface area contributed by atoms with Crippen molar-refractivity contribution in [2.24, 2.45) is 11.7 Å². The van der Waals surface area contributed by atoms with Crippen LogP contribution in [0, 0.1) is 5.92 Å². The molecule has 1 unspecified atom stereocenters. The van der Waals surface area contributed by atoms with Crippen molar-refractivity contribution in [1.29, 1.82) is 0 Å². The molecule has 0 saturated carbocycles. The van der Waals surface area contributed by atoms with Crippen LogP contribution in [0.2, 0.25) is 0 Å². The highest BCUT2D eigenvalue weighted by Gasteiger charge is 2.19. The number of carboxylic acids is 2. The number of nitrogens with one attached hydrogen (secondary N) is 1. The summed E-state index contributed by atoms with van der Waals surface area (Å²) in [7, 11) is 0. The number of rotatable bonds is 5. The van der Waals surface area contributed by atoms with Gasteiger partial charge in [-0.25, -0.2) is 9.59 Å². The molecule has 1 aromatic carbocycles. The van der Waals surface area contributed by atoms with Crippen molar-refractivity contribution in [3.8, 4) is 0 Å². The maximum atomic E-state index is 11.8. The quantitative estimate of drug-likeness (QED) is 0.636. The summed E-state index contributed by atoms with van der Waals surface area (Å²) in [4.78, 5) is 33.6. The van der Waals surface area contributed by atoms with Crippen molar-refractivity contribution < 1.29 is 24.6 Å². The summed E-state index contributed by atoms with van der Waals surface area (Å²) in [5.74, 6) is -3.16. The highest BCUT2D eigenvalue weighted by molar-refractivity contribution is 5.99. The molecule has 7 heteroatoms. The van der Waals surface area contributed by atoms with Crippen LogP contribution < -0.4 is 11.1 Å². The van der Waals surface area contributed by atoms with E-state index in [9.17, 15) is 14.4 Å². The van der Waals surface area contributed by atoms with Gasteiger partial charge in [0.05, 0.1) is 17.2 Å². The van der Waals surface area contributed by atoms with Gasteiger partial charge in [0.25, 0.3) is 0 Å². The van der Waals surface area contributed by atoms with E-state index in [1.807, 2.05) is 0 Å². The van der Waals surface area contributed by atoms with E-state index in [0.717, 1.165) is 6.07 Å². The number of carbonyl (C=O) groups is 3. The summed E-state index contributed by atoms with van der Waals surface area (Å²) in [6.07, 6.45) is 0. The number of hydrogen-bond donors (Lipinski definition) is 4. The molecule has 0 heterocycles. The monoisotopic (exact) mass is 280 g/mol. The molecule has 0 aromatic heterocycles. The van der Waals surface area contributed by atoms with Crippen molar-refractivity contribution >= 4 is 23.5 Å². The Bertz CT molecular complexity index is 521. The molecule has 0 radical (unpaired) electrons. The van der Waals surface area contributed by atoms with E-state index in [0.29, 0.717) is 0 Å². The SMILES string of the molecule is CC(C)C(N)C(=O)Nc1cc(C(=O)O)cc(C(=O)O)c1. The molecular weight excluding hydrogens is 264 g/mol. The fourth-order valence-corrected chi connectivity index (χ4v) is 1.48. The molecule has 20 heavy (non-hydrogen) atoms. The first-order valence-corrected chi connectivity index (χ1v) is 5.90. The van der Waals surface area contributed by atoms with Crippen LogP contribution >= 0.6 is 0 Å². The molecular formula is C13H16N2O5. The molecule has 0 bridgehead atoms. The van der Waals surface area contributed by atoms with Gasteiger partial charge < -0.3 is 21.3 Å². The molecule has 1 amide bonds. The van der Waals surface area contributed by atoms with Gasteiger partial charge in [0, 0.05) is 5.69 Å². The van der Waals surface area contributed by atoms with Gasteiger partial charge in [0.2, 0.25) is 5.91 Å². The second-order valence-corrected chi connectivity index (χ2v) is 4.67. The van der Waals surface area contributed by atoms with Crippen LogP contribution in [0.25, 0.3) is 0 Å². The van der Waals surface area contributed by atoms with E-state index in [1.165, 1.54) is 12.1 Å². The molecule has 0 aliphatic heterocycles. The number of carbonyl (C=O) groups excluding carboxylic acids is 1. The molecule has 0 aliphatic rings. The number of aromatic carboxylic acids is 2. The lowest BCUT2D eigenvalue weighted by molar-refractivity contribution is -0.118. The normalized spacial score (nSPS) is 12.0. The molecule has 1 rings (SSSR count). The molecule has 1 aromatic rings. The predicted octanol–water partition coefficient (Wildman–Crippen LogP) is 1.00. The molecule has 5 N–H and O–H groups in total. The minimum absolute atomic E-state index is 0.0865. The molecule has 0 aliphatic carbocycles. The highest BCUT2D eigenvalue weighted by atomic mass is 16.4. The maximum Gasteiger partial charge on any atom is 0.335 e. The van der Waals surface area contributed by atoms with Gasteiger partial charge in [-0.05, 0) is 24.1 Å². The van der Waals surface area contributed by atoms with E-state index in [-0.39, 0.29) is 22.7 Å². The van der Waals surface area contributed by atoms with E-state index in [4.69, 9.17) is 15.9 Å². The van der Waals surface area contributed by atoms with Gasteiger partial charge >= 0.3 is 11.9 Å². The molecule has 108 valence electrons. The lowest BCUT2D eigenvalue weighted by Crippen LogP contribution is -2.39. The third kappa shape index (κ3) is 3.79. The number of anilines is 1. The van der Waals surface area contributed by atoms with Gasteiger partial charge in [-0.3, -0.25) is 4.79 Å². The number of amides is 1. The standard InChI is InChI=1S/C13H16N2O5/c1-6(2)10(14)11(16)15-9-4-7(12(17)18)3-8(5-9)13(19)20/h3-6,10H,14H2,1-2H3,(H,15,16)(H,17,18)(H,19,20).